The summed E-state index contributed by atoms with van der Waals surface area (Å²) in [6, 6.07) is 5.62. The molecule has 1 aromatic heterocycles. The van der Waals surface area contributed by atoms with Gasteiger partial charge in [-0.25, -0.2) is 0 Å². The van der Waals surface area contributed by atoms with Crippen molar-refractivity contribution in [1.29, 1.82) is 0 Å². The van der Waals surface area contributed by atoms with E-state index in [1.807, 2.05) is 0 Å². The van der Waals surface area contributed by atoms with Gasteiger partial charge in [0.2, 0.25) is 0 Å². The molecule has 0 radical (unpaired) electrons. The Morgan fingerprint density at radius 2 is 1.45 bits per heavy atom. The molecule has 2 aliphatic rings. The fourth-order valence-electron chi connectivity index (χ4n) is 5.07. The molecule has 2 aliphatic heterocycles. The summed E-state index contributed by atoms with van der Waals surface area (Å²) in [6.07, 6.45) is -15.8. The minimum Gasteiger partial charge on any atom is -0.507 e. The summed E-state index contributed by atoms with van der Waals surface area (Å²) in [4.78, 5) is 13.0. The van der Waals surface area contributed by atoms with Gasteiger partial charge in [0.15, 0.2) is 23.2 Å². The maximum Gasteiger partial charge on any atom is 0.197 e. The molecular formula is C27H30O15. The molecule has 0 aliphatic carbocycles. The lowest BCUT2D eigenvalue weighted by atomic mass is 9.89. The SMILES string of the molecule is C[C@@H]1O[C@@H](OC[C@H]2O[C@@H](c3c(O)cc4oc(-c5ccc(O)c(O)c5)cc(=O)c4c3O)[C@H](O)[C@@H](O)[C@@H]2O)[C@H](O)[C@H](O)[C@H]1O. The number of benzene rings is 2. The minimum absolute atomic E-state index is 0.0712. The van der Waals surface area contributed by atoms with E-state index in [9.17, 15) is 55.9 Å². The zero-order chi connectivity index (χ0) is 30.6. The Balaban J connectivity index is 1.45. The molecule has 3 aromatic rings. The molecule has 0 spiro atoms. The van der Waals surface area contributed by atoms with Gasteiger partial charge >= 0.3 is 0 Å². The molecule has 228 valence electrons. The maximum absolute atomic E-state index is 13.0. The smallest absolute Gasteiger partial charge is 0.197 e. The van der Waals surface area contributed by atoms with Gasteiger partial charge in [0.05, 0.1) is 18.3 Å². The Morgan fingerprint density at radius 1 is 0.762 bits per heavy atom. The second-order valence-corrected chi connectivity index (χ2v) is 10.3. The third-order valence-electron chi connectivity index (χ3n) is 7.50. The molecule has 2 fully saturated rings. The fraction of sp³-hybridized carbons (Fsp3) is 0.444. The number of ether oxygens (including phenoxy) is 3. The van der Waals surface area contributed by atoms with Gasteiger partial charge in [-0.05, 0) is 25.1 Å². The maximum atomic E-state index is 13.0. The van der Waals surface area contributed by atoms with Gasteiger partial charge in [0.1, 0.15) is 77.1 Å². The highest BCUT2D eigenvalue weighted by Gasteiger charge is 2.48. The average molecular weight is 595 g/mol. The van der Waals surface area contributed by atoms with Crippen LogP contribution in [0.4, 0.5) is 0 Å². The van der Waals surface area contributed by atoms with Crippen LogP contribution in [0.25, 0.3) is 22.3 Å². The molecule has 0 amide bonds. The summed E-state index contributed by atoms with van der Waals surface area (Å²) in [5, 5.41) is 103. The van der Waals surface area contributed by atoms with Crippen LogP contribution in [-0.2, 0) is 14.2 Å². The molecule has 10 atom stereocenters. The summed E-state index contributed by atoms with van der Waals surface area (Å²) in [7, 11) is 0. The van der Waals surface area contributed by atoms with Crippen LogP contribution in [0.3, 0.4) is 0 Å². The Hall–Kier alpha value is -3.51. The molecule has 15 nitrogen and oxygen atoms in total. The Labute approximate surface area is 236 Å². The number of hydrogen-bond donors (Lipinski definition) is 10. The summed E-state index contributed by atoms with van der Waals surface area (Å²) in [5.41, 5.74) is -1.38. The summed E-state index contributed by atoms with van der Waals surface area (Å²) in [6.45, 7) is 0.844. The Bertz CT molecular complexity index is 1520. The summed E-state index contributed by atoms with van der Waals surface area (Å²) < 4.78 is 22.1. The zero-order valence-corrected chi connectivity index (χ0v) is 21.9. The van der Waals surface area contributed by atoms with E-state index in [1.165, 1.54) is 19.1 Å². The zero-order valence-electron chi connectivity index (χ0n) is 21.9. The molecule has 15 heteroatoms. The van der Waals surface area contributed by atoms with Crippen LogP contribution in [0, 0.1) is 0 Å². The minimum atomic E-state index is -1.91. The number of fused-ring (bicyclic) bond motifs is 1. The van der Waals surface area contributed by atoms with Crippen LogP contribution < -0.4 is 5.43 Å². The van der Waals surface area contributed by atoms with Crippen LogP contribution in [0.5, 0.6) is 23.0 Å². The van der Waals surface area contributed by atoms with Crippen molar-refractivity contribution < 1.29 is 69.7 Å². The highest BCUT2D eigenvalue weighted by atomic mass is 16.7. The highest BCUT2D eigenvalue weighted by molar-refractivity contribution is 5.88. The quantitative estimate of drug-likeness (QED) is 0.153. The van der Waals surface area contributed by atoms with Gasteiger partial charge in [0, 0.05) is 17.7 Å². The largest absolute Gasteiger partial charge is 0.507 e. The second kappa shape index (κ2) is 11.3. The molecule has 0 bridgehead atoms. The monoisotopic (exact) mass is 594 g/mol. The van der Waals surface area contributed by atoms with Crippen molar-refractivity contribution in [2.75, 3.05) is 6.61 Å². The van der Waals surface area contributed by atoms with Crippen molar-refractivity contribution in [2.24, 2.45) is 0 Å². The van der Waals surface area contributed by atoms with Crippen LogP contribution in [0.2, 0.25) is 0 Å². The number of phenolic OH excluding ortho intramolecular Hbond substituents is 4. The standard InChI is InChI=1S/C27H30O15/c1-8-19(32)22(35)25(38)27(40-8)39-7-16-20(33)23(36)24(37)26(42-16)18-13(31)6-15-17(21(18)34)12(30)5-14(41-15)9-2-3-10(28)11(29)4-9/h2-6,8,16,19-20,22-29,31-38H,7H2,1H3/t8-,16+,19-,20+,22+,23-,24+,25+,26-,27+/m0/s1. The Morgan fingerprint density at radius 3 is 2.14 bits per heavy atom. The third kappa shape index (κ3) is 5.15. The van der Waals surface area contributed by atoms with Gasteiger partial charge in [0.25, 0.3) is 0 Å². The molecular weight excluding hydrogens is 564 g/mol. The molecule has 0 unspecified atom stereocenters. The lowest BCUT2D eigenvalue weighted by Gasteiger charge is -2.43. The van der Waals surface area contributed by atoms with Crippen molar-refractivity contribution in [3.63, 3.8) is 0 Å². The van der Waals surface area contributed by atoms with Crippen molar-refractivity contribution in [1.82, 2.24) is 0 Å². The van der Waals surface area contributed by atoms with Crippen LogP contribution in [-0.4, -0.2) is 113 Å². The fourth-order valence-corrected chi connectivity index (χ4v) is 5.07. The van der Waals surface area contributed by atoms with E-state index in [4.69, 9.17) is 18.6 Å². The molecule has 10 N–H and O–H groups in total. The first-order chi connectivity index (χ1) is 19.8. The van der Waals surface area contributed by atoms with Gasteiger partial charge in [-0.1, -0.05) is 0 Å². The first-order valence-corrected chi connectivity index (χ1v) is 12.9. The van der Waals surface area contributed by atoms with Crippen molar-refractivity contribution >= 4 is 11.0 Å². The highest BCUT2D eigenvalue weighted by Crippen LogP contribution is 2.45. The van der Waals surface area contributed by atoms with Crippen LogP contribution in [0.15, 0.2) is 39.5 Å². The van der Waals surface area contributed by atoms with Crippen molar-refractivity contribution in [3.8, 4) is 34.3 Å². The van der Waals surface area contributed by atoms with Crippen LogP contribution in [0.1, 0.15) is 18.6 Å². The number of rotatable bonds is 5. The van der Waals surface area contributed by atoms with E-state index in [2.05, 4.69) is 0 Å². The average Bonchev–Trinajstić information content (AvgIpc) is 2.94. The van der Waals surface area contributed by atoms with E-state index < -0.39 is 107 Å². The number of aliphatic hydroxyl groups excluding tert-OH is 6. The molecule has 2 saturated heterocycles. The molecule has 5 rings (SSSR count). The van der Waals surface area contributed by atoms with Crippen molar-refractivity contribution in [2.45, 2.75) is 68.1 Å². The normalized spacial score (nSPS) is 33.6. The molecule has 3 heterocycles. The van der Waals surface area contributed by atoms with Gasteiger partial charge in [-0.15, -0.1) is 0 Å². The number of aliphatic hydroxyl groups is 6. The summed E-state index contributed by atoms with van der Waals surface area (Å²) >= 11 is 0. The number of phenols is 4. The molecule has 0 saturated carbocycles. The predicted molar refractivity (Wildman–Crippen MR) is 139 cm³/mol. The van der Waals surface area contributed by atoms with Gasteiger partial charge < -0.3 is 69.7 Å². The second-order valence-electron chi connectivity index (χ2n) is 10.3. The topological polar surface area (TPSA) is 260 Å². The van der Waals surface area contributed by atoms with E-state index in [1.54, 1.807) is 0 Å². The van der Waals surface area contributed by atoms with Crippen molar-refractivity contribution in [3.05, 3.63) is 46.1 Å². The van der Waals surface area contributed by atoms with E-state index in [-0.39, 0.29) is 16.9 Å². The lowest BCUT2D eigenvalue weighted by molar-refractivity contribution is -0.308. The predicted octanol–water partition coefficient (Wildman–Crippen LogP) is -1.35. The van der Waals surface area contributed by atoms with E-state index >= 15 is 0 Å². The first-order valence-electron chi connectivity index (χ1n) is 12.9. The first kappa shape index (κ1) is 30.0. The molecule has 42 heavy (non-hydrogen) atoms. The Kier molecular flexibility index (Phi) is 8.06. The lowest BCUT2D eigenvalue weighted by Crippen LogP contribution is -2.59. The van der Waals surface area contributed by atoms with Gasteiger partial charge in [-0.3, -0.25) is 4.79 Å². The van der Waals surface area contributed by atoms with E-state index in [0.29, 0.717) is 0 Å². The van der Waals surface area contributed by atoms with Crippen LogP contribution >= 0.6 is 0 Å². The summed E-state index contributed by atoms with van der Waals surface area (Å²) in [5.74, 6) is -2.51. The third-order valence-corrected chi connectivity index (χ3v) is 7.50. The van der Waals surface area contributed by atoms with Gasteiger partial charge in [-0.2, -0.15) is 0 Å². The number of aromatic hydroxyl groups is 4. The molecule has 2 aromatic carbocycles. The van der Waals surface area contributed by atoms with E-state index in [0.717, 1.165) is 18.2 Å². The number of hydrogen-bond acceptors (Lipinski definition) is 15.